The molecule has 0 bridgehead atoms. The van der Waals surface area contributed by atoms with E-state index in [-0.39, 0.29) is 31.5 Å². The Morgan fingerprint density at radius 1 is 1.00 bits per heavy atom. The Kier molecular flexibility index (Phi) is 5.58. The van der Waals surface area contributed by atoms with E-state index < -0.39 is 22.9 Å². The summed E-state index contributed by atoms with van der Waals surface area (Å²) in [5, 5.41) is 12.4. The minimum absolute atomic E-state index is 0.0162. The summed E-state index contributed by atoms with van der Waals surface area (Å²) in [4.78, 5) is 39.1. The first-order valence-corrected chi connectivity index (χ1v) is 12.0. The van der Waals surface area contributed by atoms with Crippen LogP contribution < -0.4 is 5.32 Å². The molecule has 0 aromatic heterocycles. The quantitative estimate of drug-likeness (QED) is 0.648. The van der Waals surface area contributed by atoms with E-state index in [1.165, 1.54) is 11.1 Å². The van der Waals surface area contributed by atoms with Crippen molar-refractivity contribution >= 4 is 18.0 Å². The highest BCUT2D eigenvalue weighted by molar-refractivity contribution is 5.88. The average molecular weight is 463 g/mol. The Morgan fingerprint density at radius 3 is 2.15 bits per heavy atom. The van der Waals surface area contributed by atoms with Crippen LogP contribution in [-0.2, 0) is 14.3 Å². The monoisotopic (exact) mass is 462 g/mol. The normalized spacial score (nSPS) is 22.1. The zero-order chi connectivity index (χ0) is 23.9. The van der Waals surface area contributed by atoms with Crippen LogP contribution in [0.3, 0.4) is 0 Å². The van der Waals surface area contributed by atoms with Crippen LogP contribution in [0.4, 0.5) is 4.79 Å². The number of fused-ring (bicyclic) bond motifs is 3. The summed E-state index contributed by atoms with van der Waals surface area (Å²) in [7, 11) is 0. The number of aliphatic carboxylic acids is 1. The van der Waals surface area contributed by atoms with E-state index in [0.29, 0.717) is 32.2 Å². The molecule has 1 saturated heterocycles. The number of carbonyl (C=O) groups is 3. The molecule has 0 spiro atoms. The predicted molar refractivity (Wildman–Crippen MR) is 126 cm³/mol. The molecular weight excluding hydrogens is 432 g/mol. The Morgan fingerprint density at radius 2 is 1.62 bits per heavy atom. The van der Waals surface area contributed by atoms with Crippen molar-refractivity contribution < 1.29 is 24.2 Å². The molecule has 2 N–H and O–H groups in total. The predicted octanol–water partition coefficient (Wildman–Crippen LogP) is 4.02. The number of carbonyl (C=O) groups excluding carboxylic acids is 2. The number of alkyl carbamates (subject to hydrolysis) is 1. The molecule has 7 heteroatoms. The minimum Gasteiger partial charge on any atom is -0.481 e. The number of rotatable bonds is 7. The van der Waals surface area contributed by atoms with Gasteiger partial charge in [-0.05, 0) is 47.9 Å². The van der Waals surface area contributed by atoms with Gasteiger partial charge in [-0.3, -0.25) is 9.59 Å². The van der Waals surface area contributed by atoms with Crippen molar-refractivity contribution in [2.45, 2.75) is 38.5 Å². The lowest BCUT2D eigenvalue weighted by Gasteiger charge is -2.26. The number of nitrogens with one attached hydrogen (secondary N) is 1. The SMILES string of the molecule is CCC1(C(=O)O)CCN(C(=O)C2(CNC(=O)OCC3c4ccccc4-c4ccccc43)CC2)C1. The van der Waals surface area contributed by atoms with Crippen molar-refractivity contribution in [1.82, 2.24) is 10.2 Å². The molecule has 5 rings (SSSR count). The van der Waals surface area contributed by atoms with Crippen molar-refractivity contribution in [2.24, 2.45) is 10.8 Å². The zero-order valence-electron chi connectivity index (χ0n) is 19.4. The first-order valence-electron chi connectivity index (χ1n) is 12.0. The maximum atomic E-state index is 13.2. The molecule has 2 fully saturated rings. The molecule has 0 radical (unpaired) electrons. The summed E-state index contributed by atoms with van der Waals surface area (Å²) in [6.45, 7) is 2.99. The number of amides is 2. The fraction of sp³-hybridized carbons (Fsp3) is 0.444. The van der Waals surface area contributed by atoms with Crippen molar-refractivity contribution in [3.63, 3.8) is 0 Å². The standard InChI is InChI=1S/C27H30N2O5/c1-2-26(24(31)32)13-14-29(17-26)23(30)27(11-12-27)16-28-25(33)34-15-22-20-9-5-3-7-18(20)19-8-4-6-10-21(19)22/h3-10,22H,2,11-17H2,1H3,(H,28,33)(H,31,32). The van der Waals surface area contributed by atoms with Gasteiger partial charge in [-0.2, -0.15) is 0 Å². The van der Waals surface area contributed by atoms with Gasteiger partial charge in [0, 0.05) is 25.6 Å². The van der Waals surface area contributed by atoms with E-state index in [4.69, 9.17) is 4.74 Å². The number of hydrogen-bond acceptors (Lipinski definition) is 4. The minimum atomic E-state index is -0.855. The molecule has 1 atom stereocenters. The highest BCUT2D eigenvalue weighted by Crippen LogP contribution is 2.49. The van der Waals surface area contributed by atoms with Gasteiger partial charge in [0.15, 0.2) is 0 Å². The highest BCUT2D eigenvalue weighted by Gasteiger charge is 2.55. The molecule has 7 nitrogen and oxygen atoms in total. The largest absolute Gasteiger partial charge is 0.481 e. The van der Waals surface area contributed by atoms with Gasteiger partial charge in [0.05, 0.1) is 10.8 Å². The van der Waals surface area contributed by atoms with Crippen LogP contribution in [0.5, 0.6) is 0 Å². The van der Waals surface area contributed by atoms with Crippen molar-refractivity contribution in [3.8, 4) is 11.1 Å². The van der Waals surface area contributed by atoms with Crippen LogP contribution in [0, 0.1) is 10.8 Å². The first kappa shape index (κ1) is 22.4. The Labute approximate surface area is 199 Å². The highest BCUT2D eigenvalue weighted by atomic mass is 16.5. The number of benzene rings is 2. The maximum Gasteiger partial charge on any atom is 0.407 e. The van der Waals surface area contributed by atoms with Gasteiger partial charge < -0.3 is 20.1 Å². The molecular formula is C27H30N2O5. The van der Waals surface area contributed by atoms with Crippen molar-refractivity contribution in [2.75, 3.05) is 26.2 Å². The van der Waals surface area contributed by atoms with Gasteiger partial charge in [0.2, 0.25) is 5.91 Å². The Bertz CT molecular complexity index is 1100. The van der Waals surface area contributed by atoms with Gasteiger partial charge in [-0.15, -0.1) is 0 Å². The number of carboxylic acid groups (broad SMARTS) is 1. The molecule has 1 saturated carbocycles. The maximum absolute atomic E-state index is 13.2. The van der Waals surface area contributed by atoms with E-state index in [1.54, 1.807) is 4.90 Å². The van der Waals surface area contributed by atoms with Crippen LogP contribution in [0.1, 0.15) is 49.7 Å². The van der Waals surface area contributed by atoms with Gasteiger partial charge in [-0.25, -0.2) is 4.79 Å². The topological polar surface area (TPSA) is 95.9 Å². The van der Waals surface area contributed by atoms with Crippen molar-refractivity contribution in [3.05, 3.63) is 59.7 Å². The van der Waals surface area contributed by atoms with E-state index >= 15 is 0 Å². The number of nitrogens with zero attached hydrogens (tertiary/aromatic N) is 1. The third-order valence-corrected chi connectivity index (χ3v) is 7.99. The molecule has 2 aliphatic carbocycles. The second kappa shape index (κ2) is 8.46. The molecule has 2 aromatic rings. The van der Waals surface area contributed by atoms with Gasteiger partial charge >= 0.3 is 12.1 Å². The lowest BCUT2D eigenvalue weighted by atomic mass is 9.84. The first-order chi connectivity index (χ1) is 16.4. The van der Waals surface area contributed by atoms with Crippen LogP contribution in [0.2, 0.25) is 0 Å². The number of ether oxygens (including phenoxy) is 1. The lowest BCUT2D eigenvalue weighted by Crippen LogP contribution is -2.44. The second-order valence-corrected chi connectivity index (χ2v) is 9.88. The summed E-state index contributed by atoms with van der Waals surface area (Å²) in [5.41, 5.74) is 3.16. The number of hydrogen-bond donors (Lipinski definition) is 2. The second-order valence-electron chi connectivity index (χ2n) is 9.88. The smallest absolute Gasteiger partial charge is 0.407 e. The molecule has 1 unspecified atom stereocenters. The summed E-state index contributed by atoms with van der Waals surface area (Å²) in [5.74, 6) is -0.910. The zero-order valence-corrected chi connectivity index (χ0v) is 19.4. The summed E-state index contributed by atoms with van der Waals surface area (Å²) in [6, 6.07) is 16.3. The van der Waals surface area contributed by atoms with Crippen LogP contribution in [-0.4, -0.2) is 54.2 Å². The van der Waals surface area contributed by atoms with Gasteiger partial charge in [-0.1, -0.05) is 55.5 Å². The van der Waals surface area contributed by atoms with Gasteiger partial charge in [0.1, 0.15) is 6.61 Å². The van der Waals surface area contributed by atoms with Crippen LogP contribution in [0.15, 0.2) is 48.5 Å². The molecule has 1 aliphatic heterocycles. The Hall–Kier alpha value is -3.35. The van der Waals surface area contributed by atoms with E-state index in [1.807, 2.05) is 31.2 Å². The van der Waals surface area contributed by atoms with Crippen LogP contribution in [0.25, 0.3) is 11.1 Å². The lowest BCUT2D eigenvalue weighted by molar-refractivity contribution is -0.149. The molecule has 2 aromatic carbocycles. The van der Waals surface area contributed by atoms with Gasteiger partial charge in [0.25, 0.3) is 0 Å². The van der Waals surface area contributed by atoms with E-state index in [0.717, 1.165) is 11.1 Å². The third-order valence-electron chi connectivity index (χ3n) is 7.99. The summed E-state index contributed by atoms with van der Waals surface area (Å²) in [6.07, 6.45) is 1.82. The summed E-state index contributed by atoms with van der Waals surface area (Å²) < 4.78 is 5.60. The molecule has 3 aliphatic rings. The number of carboxylic acids is 1. The molecule has 1 heterocycles. The Balaban J connectivity index is 1.18. The third kappa shape index (κ3) is 3.73. The molecule has 178 valence electrons. The van der Waals surface area contributed by atoms with E-state index in [2.05, 4.69) is 29.6 Å². The van der Waals surface area contributed by atoms with Crippen molar-refractivity contribution in [1.29, 1.82) is 0 Å². The summed E-state index contributed by atoms with van der Waals surface area (Å²) >= 11 is 0. The average Bonchev–Trinajstić information content (AvgIpc) is 3.40. The molecule has 34 heavy (non-hydrogen) atoms. The van der Waals surface area contributed by atoms with E-state index in [9.17, 15) is 19.5 Å². The molecule has 2 amide bonds. The number of likely N-dealkylation sites (tertiary alicyclic amines) is 1. The van der Waals surface area contributed by atoms with Crippen LogP contribution >= 0.6 is 0 Å². The fourth-order valence-corrected chi connectivity index (χ4v) is 5.50. The fourth-order valence-electron chi connectivity index (χ4n) is 5.50.